The van der Waals surface area contributed by atoms with Crippen molar-refractivity contribution in [1.29, 1.82) is 0 Å². The molecule has 0 unspecified atom stereocenters. The third-order valence-corrected chi connectivity index (χ3v) is 5.31. The molecule has 0 bridgehead atoms. The van der Waals surface area contributed by atoms with Crippen LogP contribution in [0, 0.1) is 0 Å². The Balaban J connectivity index is 1.74. The van der Waals surface area contributed by atoms with Crippen molar-refractivity contribution in [3.05, 3.63) is 59.7 Å². The summed E-state index contributed by atoms with van der Waals surface area (Å²) >= 11 is 0. The van der Waals surface area contributed by atoms with Gasteiger partial charge in [-0.3, -0.25) is 14.4 Å². The minimum Gasteiger partial charge on any atom is -0.497 e. The molecule has 3 rings (SSSR count). The number of amides is 3. The van der Waals surface area contributed by atoms with Crippen LogP contribution in [0.25, 0.3) is 0 Å². The molecule has 0 saturated carbocycles. The third-order valence-electron chi connectivity index (χ3n) is 5.31. The average molecular weight is 394 g/mol. The van der Waals surface area contributed by atoms with Crippen molar-refractivity contribution in [2.45, 2.75) is 39.2 Å². The molecule has 6 heteroatoms. The number of imide groups is 1. The summed E-state index contributed by atoms with van der Waals surface area (Å²) in [5.74, 6) is -0.0737. The summed E-state index contributed by atoms with van der Waals surface area (Å²) < 4.78 is 5.16. The van der Waals surface area contributed by atoms with E-state index in [0.29, 0.717) is 18.7 Å². The molecule has 0 spiro atoms. The van der Waals surface area contributed by atoms with Gasteiger partial charge in [-0.05, 0) is 48.2 Å². The van der Waals surface area contributed by atoms with Gasteiger partial charge in [0.1, 0.15) is 11.8 Å². The predicted molar refractivity (Wildman–Crippen MR) is 111 cm³/mol. The Morgan fingerprint density at radius 3 is 2.24 bits per heavy atom. The number of hydrogen-bond donors (Lipinski definition) is 0. The minimum absolute atomic E-state index is 0.0105. The van der Waals surface area contributed by atoms with E-state index in [9.17, 15) is 14.4 Å². The van der Waals surface area contributed by atoms with E-state index in [4.69, 9.17) is 4.74 Å². The van der Waals surface area contributed by atoms with Gasteiger partial charge in [-0.15, -0.1) is 0 Å². The molecule has 1 fully saturated rings. The van der Waals surface area contributed by atoms with Crippen molar-refractivity contribution in [3.8, 4) is 5.75 Å². The Labute approximate surface area is 171 Å². The fourth-order valence-corrected chi connectivity index (χ4v) is 3.59. The van der Waals surface area contributed by atoms with E-state index in [1.807, 2.05) is 43.3 Å². The summed E-state index contributed by atoms with van der Waals surface area (Å²) in [5.41, 5.74) is 2.72. The molecule has 0 N–H and O–H groups in total. The molecule has 1 heterocycles. The van der Waals surface area contributed by atoms with Gasteiger partial charge in [0.25, 0.3) is 5.91 Å². The zero-order chi connectivity index (χ0) is 21.0. The van der Waals surface area contributed by atoms with E-state index in [1.165, 1.54) is 16.7 Å². The zero-order valence-corrected chi connectivity index (χ0v) is 17.1. The number of carbonyl (C=O) groups excluding carboxylic acids is 3. The van der Waals surface area contributed by atoms with Gasteiger partial charge >= 0.3 is 0 Å². The van der Waals surface area contributed by atoms with Gasteiger partial charge in [0.15, 0.2) is 0 Å². The van der Waals surface area contributed by atoms with E-state index in [2.05, 4.69) is 0 Å². The molecule has 0 radical (unpaired) electrons. The van der Waals surface area contributed by atoms with E-state index in [1.54, 1.807) is 19.2 Å². The number of benzene rings is 2. The topological polar surface area (TPSA) is 66.9 Å². The summed E-state index contributed by atoms with van der Waals surface area (Å²) in [4.78, 5) is 40.5. The van der Waals surface area contributed by atoms with Crippen LogP contribution in [0.3, 0.4) is 0 Å². The standard InChI is InChI=1S/C23H26N2O4/c1-4-17-5-9-19(10-6-17)25-22(27)15-21(23(25)28)24(16(2)26)14-13-18-7-11-20(29-3)12-8-18/h5-12,21H,4,13-15H2,1-3H3/t21-/m0/s1. The summed E-state index contributed by atoms with van der Waals surface area (Å²) in [6.07, 6.45) is 1.48. The van der Waals surface area contributed by atoms with Crippen molar-refractivity contribution >= 4 is 23.4 Å². The maximum absolute atomic E-state index is 13.0. The number of ether oxygens (including phenoxy) is 1. The second-order valence-corrected chi connectivity index (χ2v) is 7.12. The normalized spacial score (nSPS) is 16.2. The average Bonchev–Trinajstić information content (AvgIpc) is 3.02. The molecule has 3 amide bonds. The molecule has 1 saturated heterocycles. The quantitative estimate of drug-likeness (QED) is 0.677. The number of methoxy groups -OCH3 is 1. The first-order valence-electron chi connectivity index (χ1n) is 9.80. The summed E-state index contributed by atoms with van der Waals surface area (Å²) in [7, 11) is 1.61. The molecule has 6 nitrogen and oxygen atoms in total. The van der Waals surface area contributed by atoms with Crippen LogP contribution in [-0.2, 0) is 27.2 Å². The highest BCUT2D eigenvalue weighted by Crippen LogP contribution is 2.26. The molecule has 152 valence electrons. The lowest BCUT2D eigenvalue weighted by Crippen LogP contribution is -2.45. The Kier molecular flexibility index (Phi) is 6.32. The molecule has 29 heavy (non-hydrogen) atoms. The summed E-state index contributed by atoms with van der Waals surface area (Å²) in [6, 6.07) is 14.2. The largest absolute Gasteiger partial charge is 0.497 e. The molecule has 0 aliphatic carbocycles. The van der Waals surface area contributed by atoms with E-state index >= 15 is 0 Å². The van der Waals surface area contributed by atoms with Crippen molar-refractivity contribution in [1.82, 2.24) is 4.90 Å². The first-order valence-corrected chi connectivity index (χ1v) is 9.80. The Bertz CT molecular complexity index is 890. The monoisotopic (exact) mass is 394 g/mol. The lowest BCUT2D eigenvalue weighted by atomic mass is 10.1. The van der Waals surface area contributed by atoms with Gasteiger partial charge in [0.05, 0.1) is 19.2 Å². The van der Waals surface area contributed by atoms with Crippen LogP contribution in [-0.4, -0.2) is 42.3 Å². The molecule has 1 atom stereocenters. The lowest BCUT2D eigenvalue weighted by Gasteiger charge is -2.26. The van der Waals surface area contributed by atoms with E-state index in [-0.39, 0.29) is 24.1 Å². The van der Waals surface area contributed by atoms with Gasteiger partial charge < -0.3 is 9.64 Å². The van der Waals surface area contributed by atoms with Gasteiger partial charge in [0, 0.05) is 13.5 Å². The number of hydrogen-bond acceptors (Lipinski definition) is 4. The van der Waals surface area contributed by atoms with Crippen LogP contribution >= 0.6 is 0 Å². The van der Waals surface area contributed by atoms with Crippen LogP contribution in [0.2, 0.25) is 0 Å². The second-order valence-electron chi connectivity index (χ2n) is 7.12. The summed E-state index contributed by atoms with van der Waals surface area (Å²) in [5, 5.41) is 0. The van der Waals surface area contributed by atoms with Gasteiger partial charge in [0.2, 0.25) is 11.8 Å². The minimum atomic E-state index is -0.760. The highest BCUT2D eigenvalue weighted by Gasteiger charge is 2.43. The van der Waals surface area contributed by atoms with Gasteiger partial charge in [-0.1, -0.05) is 31.2 Å². The Hall–Kier alpha value is -3.15. The number of carbonyl (C=O) groups is 3. The predicted octanol–water partition coefficient (Wildman–Crippen LogP) is 2.98. The maximum Gasteiger partial charge on any atom is 0.257 e. The van der Waals surface area contributed by atoms with Crippen molar-refractivity contribution in [3.63, 3.8) is 0 Å². The molecule has 2 aromatic rings. The zero-order valence-electron chi connectivity index (χ0n) is 17.1. The molecule has 0 aromatic heterocycles. The highest BCUT2D eigenvalue weighted by atomic mass is 16.5. The van der Waals surface area contributed by atoms with E-state index in [0.717, 1.165) is 23.3 Å². The Morgan fingerprint density at radius 1 is 1.07 bits per heavy atom. The number of rotatable bonds is 7. The van der Waals surface area contributed by atoms with Crippen LogP contribution < -0.4 is 9.64 Å². The fraction of sp³-hybridized carbons (Fsp3) is 0.348. The van der Waals surface area contributed by atoms with Gasteiger partial charge in [-0.25, -0.2) is 4.90 Å². The van der Waals surface area contributed by atoms with Crippen LogP contribution in [0.4, 0.5) is 5.69 Å². The smallest absolute Gasteiger partial charge is 0.257 e. The van der Waals surface area contributed by atoms with Crippen molar-refractivity contribution in [2.75, 3.05) is 18.6 Å². The maximum atomic E-state index is 13.0. The number of nitrogens with zero attached hydrogens (tertiary/aromatic N) is 2. The second kappa shape index (κ2) is 8.90. The number of aryl methyl sites for hydroxylation is 1. The highest BCUT2D eigenvalue weighted by molar-refractivity contribution is 6.23. The molecule has 1 aliphatic rings. The summed E-state index contributed by atoms with van der Waals surface area (Å²) in [6.45, 7) is 3.85. The molecular weight excluding hydrogens is 368 g/mol. The van der Waals surface area contributed by atoms with Crippen LogP contribution in [0.1, 0.15) is 31.4 Å². The lowest BCUT2D eigenvalue weighted by molar-refractivity contribution is -0.136. The fourth-order valence-electron chi connectivity index (χ4n) is 3.59. The number of anilines is 1. The first kappa shape index (κ1) is 20.6. The van der Waals surface area contributed by atoms with Crippen molar-refractivity contribution in [2.24, 2.45) is 0 Å². The van der Waals surface area contributed by atoms with Gasteiger partial charge in [-0.2, -0.15) is 0 Å². The van der Waals surface area contributed by atoms with Crippen molar-refractivity contribution < 1.29 is 19.1 Å². The Morgan fingerprint density at radius 2 is 1.69 bits per heavy atom. The molecular formula is C23H26N2O4. The molecule has 1 aliphatic heterocycles. The van der Waals surface area contributed by atoms with Crippen LogP contribution in [0.5, 0.6) is 5.75 Å². The van der Waals surface area contributed by atoms with E-state index < -0.39 is 6.04 Å². The molecule has 2 aromatic carbocycles. The first-order chi connectivity index (χ1) is 13.9. The third kappa shape index (κ3) is 4.47. The SMILES string of the molecule is CCc1ccc(N2C(=O)C[C@H](N(CCc3ccc(OC)cc3)C(C)=O)C2=O)cc1. The van der Waals surface area contributed by atoms with Crippen LogP contribution in [0.15, 0.2) is 48.5 Å².